The van der Waals surface area contributed by atoms with Crippen molar-refractivity contribution >= 4 is 34.0 Å². The number of hydrogen-bond donors (Lipinski definition) is 0. The van der Waals surface area contributed by atoms with Gasteiger partial charge >= 0.3 is 0 Å². The highest BCUT2D eigenvalue weighted by atomic mass is 15.2. The second kappa shape index (κ2) is 15.3. The Balaban J connectivity index is 1.03. The van der Waals surface area contributed by atoms with Crippen LogP contribution in [-0.2, 0) is 10.8 Å². The molecule has 64 heavy (non-hydrogen) atoms. The molecule has 312 valence electrons. The first kappa shape index (κ1) is 39.7. The number of benzene rings is 8. The Kier molecular flexibility index (Phi) is 9.47. The summed E-state index contributed by atoms with van der Waals surface area (Å²) in [5, 5.41) is 0. The molecule has 0 atom stereocenters. The Morgan fingerprint density at radius 1 is 0.406 bits per heavy atom. The van der Waals surface area contributed by atoms with E-state index in [0.29, 0.717) is 0 Å². The maximum atomic E-state index is 2.52. The van der Waals surface area contributed by atoms with Crippen molar-refractivity contribution in [2.45, 2.75) is 65.2 Å². The Bertz CT molecular complexity index is 3150. The van der Waals surface area contributed by atoms with E-state index in [9.17, 15) is 0 Å². The minimum absolute atomic E-state index is 0.237. The molecule has 2 nitrogen and oxygen atoms in total. The van der Waals surface area contributed by atoms with Crippen LogP contribution in [0.3, 0.4) is 0 Å². The van der Waals surface area contributed by atoms with E-state index in [-0.39, 0.29) is 10.8 Å². The monoisotopic (exact) mass is 826 g/mol. The van der Waals surface area contributed by atoms with E-state index in [4.69, 9.17) is 0 Å². The summed E-state index contributed by atoms with van der Waals surface area (Å²) in [7, 11) is 0. The lowest BCUT2D eigenvalue weighted by atomic mass is 9.72. The molecule has 0 fully saturated rings. The van der Waals surface area contributed by atoms with Crippen LogP contribution in [0.4, 0.5) is 28.4 Å². The Morgan fingerprint density at radius 3 is 1.41 bits per heavy atom. The van der Waals surface area contributed by atoms with Gasteiger partial charge in [-0.2, -0.15) is 0 Å². The van der Waals surface area contributed by atoms with Crippen LogP contribution in [0.25, 0.3) is 39.0 Å². The molecule has 0 aromatic heterocycles. The highest BCUT2D eigenvalue weighted by molar-refractivity contribution is 5.95. The van der Waals surface area contributed by atoms with Crippen LogP contribution in [-0.4, -0.2) is 0 Å². The lowest BCUT2D eigenvalue weighted by molar-refractivity contribution is 0.601. The van der Waals surface area contributed by atoms with Crippen molar-refractivity contribution < 1.29 is 0 Å². The normalized spacial score (nSPS) is 15.0. The SMILES string of the molecule is Cc1cc(N(C2=CC(c3ccccc3)=CCC2)c2ccccc2)cc2c1-c1ccc3c(c1C2(C)C)C(C)(C)c1cc(N(c2ccccc2)c2cccc(-c4ccccc4)c2)cc(C)c1-3. The highest BCUT2D eigenvalue weighted by Gasteiger charge is 2.47. The summed E-state index contributed by atoms with van der Waals surface area (Å²) >= 11 is 0. The largest absolute Gasteiger partial charge is 0.314 e. The smallest absolute Gasteiger partial charge is 0.0467 e. The first-order valence-corrected chi connectivity index (χ1v) is 22.9. The molecule has 3 aliphatic rings. The van der Waals surface area contributed by atoms with E-state index >= 15 is 0 Å². The first-order chi connectivity index (χ1) is 31.1. The van der Waals surface area contributed by atoms with Gasteiger partial charge in [-0.05, 0) is 171 Å². The minimum Gasteiger partial charge on any atom is -0.314 e. The second-order valence-corrected chi connectivity index (χ2v) is 19.0. The molecule has 11 rings (SSSR count). The van der Waals surface area contributed by atoms with Crippen LogP contribution < -0.4 is 9.80 Å². The van der Waals surface area contributed by atoms with Crippen molar-refractivity contribution in [3.63, 3.8) is 0 Å². The van der Waals surface area contributed by atoms with Gasteiger partial charge in [0.1, 0.15) is 0 Å². The molecule has 0 saturated heterocycles. The number of nitrogens with zero attached hydrogens (tertiary/aromatic N) is 2. The molecule has 0 N–H and O–H groups in total. The van der Waals surface area contributed by atoms with Crippen LogP contribution in [0.15, 0.2) is 200 Å². The number of hydrogen-bond acceptors (Lipinski definition) is 2. The summed E-state index contributed by atoms with van der Waals surface area (Å²) in [5.41, 5.74) is 25.5. The zero-order valence-electron chi connectivity index (χ0n) is 37.8. The number of rotatable bonds is 8. The van der Waals surface area contributed by atoms with E-state index in [1.54, 1.807) is 0 Å². The molecule has 8 aromatic rings. The van der Waals surface area contributed by atoms with E-state index in [1.165, 1.54) is 101 Å². The third kappa shape index (κ3) is 6.38. The topological polar surface area (TPSA) is 6.48 Å². The van der Waals surface area contributed by atoms with Crippen molar-refractivity contribution in [3.8, 4) is 33.4 Å². The molecule has 0 spiro atoms. The van der Waals surface area contributed by atoms with Gasteiger partial charge in [0.2, 0.25) is 0 Å². The maximum Gasteiger partial charge on any atom is 0.0467 e. The van der Waals surface area contributed by atoms with Crippen molar-refractivity contribution in [2.24, 2.45) is 0 Å². The molecule has 2 heteroatoms. The van der Waals surface area contributed by atoms with Gasteiger partial charge in [-0.1, -0.05) is 155 Å². The average molecular weight is 827 g/mol. The van der Waals surface area contributed by atoms with Crippen LogP contribution >= 0.6 is 0 Å². The summed E-state index contributed by atoms with van der Waals surface area (Å²) in [6.07, 6.45) is 6.79. The van der Waals surface area contributed by atoms with E-state index in [2.05, 4.69) is 245 Å². The zero-order chi connectivity index (χ0) is 43.7. The van der Waals surface area contributed by atoms with Gasteiger partial charge in [0.15, 0.2) is 0 Å². The minimum atomic E-state index is -0.246. The van der Waals surface area contributed by atoms with Crippen LogP contribution in [0, 0.1) is 13.8 Å². The number of para-hydroxylation sites is 2. The Hall–Kier alpha value is -7.16. The van der Waals surface area contributed by atoms with Gasteiger partial charge in [0, 0.05) is 45.0 Å². The molecule has 0 radical (unpaired) electrons. The summed E-state index contributed by atoms with van der Waals surface area (Å²) in [5.74, 6) is 0. The van der Waals surface area contributed by atoms with Crippen molar-refractivity contribution in [3.05, 3.63) is 239 Å². The summed E-state index contributed by atoms with van der Waals surface area (Å²) < 4.78 is 0. The van der Waals surface area contributed by atoms with E-state index in [0.717, 1.165) is 24.2 Å². The molecule has 0 aliphatic heterocycles. The third-order valence-corrected chi connectivity index (χ3v) is 14.2. The second-order valence-electron chi connectivity index (χ2n) is 19.0. The lowest BCUT2D eigenvalue weighted by Gasteiger charge is -2.33. The van der Waals surface area contributed by atoms with E-state index < -0.39 is 0 Å². The summed E-state index contributed by atoms with van der Waals surface area (Å²) in [4.78, 5) is 4.96. The number of fused-ring (bicyclic) bond motifs is 7. The molecular formula is C62H54N2. The van der Waals surface area contributed by atoms with Crippen LogP contribution in [0.2, 0.25) is 0 Å². The van der Waals surface area contributed by atoms with Crippen LogP contribution in [0.1, 0.15) is 79.5 Å². The average Bonchev–Trinajstić information content (AvgIpc) is 3.70. The van der Waals surface area contributed by atoms with Crippen molar-refractivity contribution in [2.75, 3.05) is 9.80 Å². The summed E-state index contributed by atoms with van der Waals surface area (Å²) in [6.45, 7) is 14.5. The molecule has 0 bridgehead atoms. The fourth-order valence-electron chi connectivity index (χ4n) is 11.3. The fourth-order valence-corrected chi connectivity index (χ4v) is 11.3. The molecule has 8 aromatic carbocycles. The quantitative estimate of drug-likeness (QED) is 0.151. The van der Waals surface area contributed by atoms with Crippen molar-refractivity contribution in [1.82, 2.24) is 0 Å². The third-order valence-electron chi connectivity index (χ3n) is 14.2. The molecule has 0 amide bonds. The molecule has 0 heterocycles. The number of anilines is 5. The Morgan fingerprint density at radius 2 is 0.859 bits per heavy atom. The molecule has 3 aliphatic carbocycles. The predicted molar refractivity (Wildman–Crippen MR) is 271 cm³/mol. The van der Waals surface area contributed by atoms with Gasteiger partial charge in [-0.15, -0.1) is 0 Å². The maximum absolute atomic E-state index is 2.52. The van der Waals surface area contributed by atoms with E-state index in [1.807, 2.05) is 0 Å². The van der Waals surface area contributed by atoms with Crippen LogP contribution in [0.5, 0.6) is 0 Å². The van der Waals surface area contributed by atoms with Gasteiger partial charge in [-0.25, -0.2) is 0 Å². The van der Waals surface area contributed by atoms with Gasteiger partial charge in [0.05, 0.1) is 0 Å². The Labute approximate surface area is 379 Å². The fraction of sp³-hybridized carbons (Fsp3) is 0.161. The van der Waals surface area contributed by atoms with Gasteiger partial charge in [0.25, 0.3) is 0 Å². The lowest BCUT2D eigenvalue weighted by Crippen LogP contribution is -2.25. The number of allylic oxidation sites excluding steroid dienone is 4. The standard InChI is InChI=1S/C62H54N2/c1-41-35-51(63(47-27-15-9-16-28-47)49-31-19-25-45(37-49)43-21-11-7-12-22-43)39-55-57(41)53-33-34-54-58-42(2)36-52(40-56(58)62(5,6)60(54)59(53)61(55,3)4)64(48-29-17-10-18-30-48)50-32-20-26-46(38-50)44-23-13-8-14-24-44/h7-19,21-31,33-40H,20,32H2,1-6H3. The predicted octanol–water partition coefficient (Wildman–Crippen LogP) is 17.0. The zero-order valence-corrected chi connectivity index (χ0v) is 37.8. The summed E-state index contributed by atoms with van der Waals surface area (Å²) in [6, 6.07) is 67.0. The number of aryl methyl sites for hydroxylation is 2. The van der Waals surface area contributed by atoms with Crippen molar-refractivity contribution in [1.29, 1.82) is 0 Å². The van der Waals surface area contributed by atoms with Gasteiger partial charge < -0.3 is 9.80 Å². The first-order valence-electron chi connectivity index (χ1n) is 22.9. The highest BCUT2D eigenvalue weighted by Crippen LogP contribution is 2.61. The van der Waals surface area contributed by atoms with Gasteiger partial charge in [-0.3, -0.25) is 0 Å². The molecular weight excluding hydrogens is 773 g/mol. The molecule has 0 unspecified atom stereocenters. The molecule has 0 saturated carbocycles.